The molecule has 0 spiro atoms. The van der Waals surface area contributed by atoms with E-state index in [2.05, 4.69) is 63.7 Å². The van der Waals surface area contributed by atoms with Gasteiger partial charge in [0.2, 0.25) is 10.0 Å². The second-order valence-electron chi connectivity index (χ2n) is 10.7. The molecule has 2 rings (SSSR count). The molecule has 0 aliphatic heterocycles. The summed E-state index contributed by atoms with van der Waals surface area (Å²) in [5, 5.41) is 6.49. The second-order valence-corrected chi connectivity index (χ2v) is 12.3. The minimum absolute atomic E-state index is 0. The fourth-order valence-electron chi connectivity index (χ4n) is 4.41. The van der Waals surface area contributed by atoms with Crippen LogP contribution in [0.15, 0.2) is 6.07 Å². The van der Waals surface area contributed by atoms with Crippen molar-refractivity contribution in [2.45, 2.75) is 89.5 Å². The Labute approximate surface area is 227 Å². The van der Waals surface area contributed by atoms with Gasteiger partial charge in [-0.05, 0) is 18.7 Å². The molecule has 0 aromatic carbocycles. The van der Waals surface area contributed by atoms with E-state index >= 15 is 0 Å². The van der Waals surface area contributed by atoms with Crippen molar-refractivity contribution in [3.63, 3.8) is 0 Å². The number of fused-ring (bicyclic) bond motifs is 1. The van der Waals surface area contributed by atoms with Crippen LogP contribution in [0.4, 0.5) is 0 Å². The largest absolute Gasteiger partial charge is 0.466 e. The molecule has 0 amide bonds. The van der Waals surface area contributed by atoms with Crippen LogP contribution in [0.5, 0.6) is 0 Å². The number of aromatic nitrogens is 3. The fraction of sp³-hybridized carbons (Fsp3) is 0.680. The van der Waals surface area contributed by atoms with E-state index in [1.165, 1.54) is 0 Å². The van der Waals surface area contributed by atoms with E-state index < -0.39 is 15.4 Å². The van der Waals surface area contributed by atoms with E-state index in [4.69, 9.17) is 10.1 Å². The molecule has 33 heavy (non-hydrogen) atoms. The molecule has 187 valence electrons. The van der Waals surface area contributed by atoms with Crippen molar-refractivity contribution in [2.24, 2.45) is 21.4 Å². The topological polar surface area (TPSA) is 90.9 Å². The molecule has 6 nitrogen and oxygen atoms in total. The van der Waals surface area contributed by atoms with Gasteiger partial charge in [-0.25, -0.2) is 18.5 Å². The number of primary sulfonamides is 1. The van der Waals surface area contributed by atoms with Crippen LogP contribution in [-0.2, 0) is 49.2 Å². The SMILES string of the molecule is C.CCCc1nc(C)nc2c1cc(C)n2[CH-]C(C)(C)C(C)(C)[C-](C)C(C)(C)CS(N)(=O)=O.[Y]. The van der Waals surface area contributed by atoms with Crippen molar-refractivity contribution in [2.75, 3.05) is 5.75 Å². The van der Waals surface area contributed by atoms with Gasteiger partial charge < -0.3 is 10.5 Å². The number of sulfonamides is 1. The van der Waals surface area contributed by atoms with Crippen molar-refractivity contribution in [1.82, 2.24) is 14.5 Å². The van der Waals surface area contributed by atoms with Crippen molar-refractivity contribution < 1.29 is 41.1 Å². The second kappa shape index (κ2) is 11.1. The summed E-state index contributed by atoms with van der Waals surface area (Å²) in [6.45, 7) is 23.1. The molecule has 2 aromatic heterocycles. The van der Waals surface area contributed by atoms with Gasteiger partial charge in [-0.1, -0.05) is 86.4 Å². The molecule has 2 aromatic rings. The summed E-state index contributed by atoms with van der Waals surface area (Å²) in [7, 11) is -3.59. The van der Waals surface area contributed by atoms with Gasteiger partial charge in [-0.2, -0.15) is 12.3 Å². The summed E-state index contributed by atoms with van der Waals surface area (Å²) < 4.78 is 25.8. The predicted molar refractivity (Wildman–Crippen MR) is 136 cm³/mol. The van der Waals surface area contributed by atoms with Gasteiger partial charge in [-0.15, -0.1) is 12.0 Å². The first-order valence-electron chi connectivity index (χ1n) is 11.0. The van der Waals surface area contributed by atoms with E-state index in [1.807, 2.05) is 27.7 Å². The van der Waals surface area contributed by atoms with E-state index in [1.54, 1.807) is 0 Å². The van der Waals surface area contributed by atoms with Crippen LogP contribution in [0, 0.1) is 42.6 Å². The monoisotopic (exact) mass is 553 g/mol. The normalized spacial score (nSPS) is 13.1. The standard InChI is InChI=1S/C24H40N4O2S.CH4.Y/c1-11-12-20-19-13-16(2)28(21(19)27-18(4)26-20)14-23(7,8)24(9,10)17(3)22(5,6)15-31(25,29)30;;/h13-14H,11-12,15H2,1-10H3,(H2,25,29,30);1H4;/q-2;;. The summed E-state index contributed by atoms with van der Waals surface area (Å²) in [5.74, 6) is 1.79. The summed E-state index contributed by atoms with van der Waals surface area (Å²) in [6, 6.07) is 2.17. The zero-order chi connectivity index (χ0) is 24.0. The molecular weight excluding hydrogens is 509 g/mol. The minimum atomic E-state index is -3.59. The van der Waals surface area contributed by atoms with E-state index in [9.17, 15) is 8.42 Å². The van der Waals surface area contributed by atoms with Crippen LogP contribution < -0.4 is 5.14 Å². The summed E-state index contributed by atoms with van der Waals surface area (Å²) in [4.78, 5) is 9.44. The average molecular weight is 554 g/mol. The van der Waals surface area contributed by atoms with Gasteiger partial charge in [0.1, 0.15) is 5.82 Å². The zero-order valence-electron chi connectivity index (χ0n) is 21.5. The third-order valence-electron chi connectivity index (χ3n) is 7.14. The first kappa shape index (κ1) is 32.5. The smallest absolute Gasteiger partial charge is 0.207 e. The van der Waals surface area contributed by atoms with Gasteiger partial charge in [0.05, 0.1) is 0 Å². The molecule has 1 radical (unpaired) electrons. The Balaban J connectivity index is 0.00000512. The van der Waals surface area contributed by atoms with Gasteiger partial charge in [0.15, 0.2) is 0 Å². The Morgan fingerprint density at radius 3 is 2.15 bits per heavy atom. The maximum Gasteiger partial charge on any atom is 0.207 e. The number of rotatable bonds is 9. The molecule has 0 bridgehead atoms. The van der Waals surface area contributed by atoms with Gasteiger partial charge in [0, 0.05) is 49.8 Å². The van der Waals surface area contributed by atoms with Gasteiger partial charge >= 0.3 is 0 Å². The van der Waals surface area contributed by atoms with Crippen LogP contribution >= 0.6 is 0 Å². The minimum Gasteiger partial charge on any atom is -0.466 e. The molecular formula is C25H44N4O2SY-2. The van der Waals surface area contributed by atoms with Crippen LogP contribution in [0.1, 0.15) is 86.4 Å². The number of aryl methyl sites for hydroxylation is 3. The summed E-state index contributed by atoms with van der Waals surface area (Å²) in [5.41, 5.74) is 1.97. The molecule has 0 atom stereocenters. The van der Waals surface area contributed by atoms with Gasteiger partial charge in [0.25, 0.3) is 0 Å². The quantitative estimate of drug-likeness (QED) is 0.409. The third-order valence-corrected chi connectivity index (χ3v) is 8.27. The first-order valence-corrected chi connectivity index (χ1v) is 12.7. The Bertz CT molecular complexity index is 1060. The molecule has 2 heterocycles. The Morgan fingerprint density at radius 1 is 1.12 bits per heavy atom. The summed E-state index contributed by atoms with van der Waals surface area (Å²) in [6.07, 6.45) is 1.96. The van der Waals surface area contributed by atoms with Crippen LogP contribution in [0.3, 0.4) is 0 Å². The molecule has 0 unspecified atom stereocenters. The predicted octanol–water partition coefficient (Wildman–Crippen LogP) is 5.61. The van der Waals surface area contributed by atoms with E-state index in [-0.39, 0.29) is 56.7 Å². The molecule has 2 N–H and O–H groups in total. The maximum absolute atomic E-state index is 11.8. The van der Waals surface area contributed by atoms with Crippen molar-refractivity contribution in [1.29, 1.82) is 0 Å². The molecule has 0 fully saturated rings. The van der Waals surface area contributed by atoms with Gasteiger partial charge in [-0.3, -0.25) is 4.98 Å². The Hall–Kier alpha value is -0.496. The number of nitrogens with zero attached hydrogens (tertiary/aromatic N) is 3. The molecule has 8 heteroatoms. The van der Waals surface area contributed by atoms with Crippen LogP contribution in [0.25, 0.3) is 11.0 Å². The molecule has 0 saturated heterocycles. The fourth-order valence-corrected chi connectivity index (χ4v) is 5.64. The Morgan fingerprint density at radius 2 is 1.67 bits per heavy atom. The summed E-state index contributed by atoms with van der Waals surface area (Å²) >= 11 is 0. The third kappa shape index (κ3) is 7.02. The van der Waals surface area contributed by atoms with E-state index in [0.29, 0.717) is 0 Å². The van der Waals surface area contributed by atoms with Crippen LogP contribution in [-0.4, -0.2) is 28.7 Å². The number of hydrogen-bond acceptors (Lipinski definition) is 4. The Kier molecular flexibility index (Phi) is 10.9. The average Bonchev–Trinajstić information content (AvgIpc) is 2.88. The molecule has 0 aliphatic rings. The van der Waals surface area contributed by atoms with Crippen molar-refractivity contribution in [3.8, 4) is 0 Å². The number of nitrogens with two attached hydrogens (primary N) is 1. The van der Waals surface area contributed by atoms with Crippen molar-refractivity contribution in [3.05, 3.63) is 35.7 Å². The van der Waals surface area contributed by atoms with E-state index in [0.717, 1.165) is 47.0 Å². The molecule has 0 aliphatic carbocycles. The molecule has 0 saturated carbocycles. The van der Waals surface area contributed by atoms with Crippen LogP contribution in [0.2, 0.25) is 0 Å². The maximum atomic E-state index is 11.8. The zero-order valence-corrected chi connectivity index (χ0v) is 25.2. The number of hydrogen-bond donors (Lipinski definition) is 1. The first-order chi connectivity index (χ1) is 13.9. The van der Waals surface area contributed by atoms with Crippen molar-refractivity contribution >= 4 is 21.1 Å².